The Kier molecular flexibility index (Phi) is 5.55. The molecule has 1 aliphatic rings. The Morgan fingerprint density at radius 1 is 1.30 bits per heavy atom. The number of benzene rings is 1. The number of hydrogen-bond donors (Lipinski definition) is 2. The molecule has 0 bridgehead atoms. The zero-order valence-electron chi connectivity index (χ0n) is 13.9. The molecule has 0 fully saturated rings. The Balaban J connectivity index is 2.14. The minimum Gasteiger partial charge on any atom is -0.497 e. The van der Waals surface area contributed by atoms with Gasteiger partial charge in [-0.1, -0.05) is 19.4 Å². The average molecular weight is 316 g/mol. The highest BCUT2D eigenvalue weighted by molar-refractivity contribution is 5.98. The molecule has 0 aromatic heterocycles. The lowest BCUT2D eigenvalue weighted by Gasteiger charge is -2.30. The van der Waals surface area contributed by atoms with Crippen LogP contribution in [0.4, 0.5) is 5.69 Å². The van der Waals surface area contributed by atoms with Gasteiger partial charge in [-0.2, -0.15) is 0 Å². The van der Waals surface area contributed by atoms with Crippen LogP contribution in [0.3, 0.4) is 0 Å². The number of methoxy groups -OCH3 is 1. The number of carbonyl (C=O) groups is 1. The predicted octanol–water partition coefficient (Wildman–Crippen LogP) is 3.19. The summed E-state index contributed by atoms with van der Waals surface area (Å²) in [6, 6.07) is 7.66. The molecule has 0 aliphatic heterocycles. The second-order valence-electron chi connectivity index (χ2n) is 6.62. The number of aliphatic carboxylic acids is 1. The minimum absolute atomic E-state index is 0.0251. The van der Waals surface area contributed by atoms with E-state index in [1.165, 1.54) is 5.57 Å². The van der Waals surface area contributed by atoms with E-state index in [-0.39, 0.29) is 12.0 Å². The molecule has 0 heterocycles. The van der Waals surface area contributed by atoms with Crippen molar-refractivity contribution in [3.05, 3.63) is 35.9 Å². The van der Waals surface area contributed by atoms with E-state index in [1.807, 2.05) is 24.3 Å². The Hall–Kier alpha value is -2.14. The topological polar surface area (TPSA) is 70.9 Å². The average Bonchev–Trinajstić information content (AvgIpc) is 2.46. The van der Waals surface area contributed by atoms with E-state index in [0.29, 0.717) is 6.54 Å². The number of ether oxygens (including phenoxy) is 1. The van der Waals surface area contributed by atoms with Crippen LogP contribution < -0.4 is 10.1 Å². The van der Waals surface area contributed by atoms with Gasteiger partial charge in [-0.15, -0.1) is 0 Å². The number of nitrogens with one attached hydrogen (secondary N) is 1. The van der Waals surface area contributed by atoms with Crippen molar-refractivity contribution in [2.75, 3.05) is 20.2 Å². The Bertz CT molecular complexity index is 616. The van der Waals surface area contributed by atoms with Gasteiger partial charge in [0.05, 0.1) is 19.3 Å². The number of hydrogen-bond acceptors (Lipinski definition) is 4. The molecule has 1 aromatic carbocycles. The van der Waals surface area contributed by atoms with Crippen molar-refractivity contribution in [1.29, 1.82) is 0 Å². The lowest BCUT2D eigenvalue weighted by Crippen LogP contribution is -2.29. The molecular weight excluding hydrogens is 292 g/mol. The third-order valence-corrected chi connectivity index (χ3v) is 3.71. The van der Waals surface area contributed by atoms with Gasteiger partial charge in [0.2, 0.25) is 0 Å². The minimum atomic E-state index is -0.840. The van der Waals surface area contributed by atoms with Gasteiger partial charge in [0.15, 0.2) is 0 Å². The van der Waals surface area contributed by atoms with Crippen molar-refractivity contribution in [3.8, 4) is 5.75 Å². The van der Waals surface area contributed by atoms with Gasteiger partial charge in [-0.25, -0.2) is 0 Å². The first-order valence-corrected chi connectivity index (χ1v) is 7.71. The maximum absolute atomic E-state index is 10.6. The molecule has 1 aromatic rings. The summed E-state index contributed by atoms with van der Waals surface area (Å²) in [5, 5.41) is 11.7. The third-order valence-electron chi connectivity index (χ3n) is 3.71. The summed E-state index contributed by atoms with van der Waals surface area (Å²) in [6.45, 7) is 4.97. The molecule has 5 heteroatoms. The van der Waals surface area contributed by atoms with Gasteiger partial charge in [0, 0.05) is 12.3 Å². The summed E-state index contributed by atoms with van der Waals surface area (Å²) >= 11 is 0. The van der Waals surface area contributed by atoms with Gasteiger partial charge in [-0.3, -0.25) is 9.79 Å². The molecule has 2 N–H and O–H groups in total. The summed E-state index contributed by atoms with van der Waals surface area (Å²) in [5.74, 6) is -0.0279. The summed E-state index contributed by atoms with van der Waals surface area (Å²) in [6.07, 6.45) is 3.94. The molecule has 0 spiro atoms. The van der Waals surface area contributed by atoms with E-state index < -0.39 is 5.97 Å². The van der Waals surface area contributed by atoms with E-state index in [4.69, 9.17) is 14.8 Å². The number of rotatable bonds is 6. The largest absolute Gasteiger partial charge is 0.497 e. The van der Waals surface area contributed by atoms with E-state index in [2.05, 4.69) is 25.2 Å². The summed E-state index contributed by atoms with van der Waals surface area (Å²) in [5.41, 5.74) is 3.24. The van der Waals surface area contributed by atoms with Gasteiger partial charge in [0.25, 0.3) is 0 Å². The number of nitrogens with zero attached hydrogens (tertiary/aromatic N) is 1. The van der Waals surface area contributed by atoms with Crippen molar-refractivity contribution in [3.63, 3.8) is 0 Å². The van der Waals surface area contributed by atoms with Crippen LogP contribution in [0, 0.1) is 5.41 Å². The molecule has 0 unspecified atom stereocenters. The molecule has 0 atom stereocenters. The van der Waals surface area contributed by atoms with Crippen LogP contribution in [0.15, 0.2) is 40.9 Å². The Morgan fingerprint density at radius 3 is 2.61 bits per heavy atom. The highest BCUT2D eigenvalue weighted by Gasteiger charge is 2.26. The van der Waals surface area contributed by atoms with Crippen LogP contribution in [0.2, 0.25) is 0 Å². The highest BCUT2D eigenvalue weighted by atomic mass is 16.5. The lowest BCUT2D eigenvalue weighted by molar-refractivity contribution is -0.135. The normalized spacial score (nSPS) is 18.6. The first kappa shape index (κ1) is 17.2. The SMILES string of the molecule is COc1ccc(N=C2C=C(CNCC(=O)O)CC(C)(C)C2)cc1. The zero-order valence-corrected chi connectivity index (χ0v) is 13.9. The molecule has 0 amide bonds. The van der Waals surface area contributed by atoms with E-state index in [1.54, 1.807) is 7.11 Å². The standard InChI is InChI=1S/C18H24N2O3/c1-18(2)9-13(11-19-12-17(21)22)8-15(10-18)20-14-4-6-16(23-3)7-5-14/h4-8,19H,9-12H2,1-3H3,(H,21,22). The molecule has 0 radical (unpaired) electrons. The van der Waals surface area contributed by atoms with Gasteiger partial charge >= 0.3 is 5.97 Å². The zero-order chi connectivity index (χ0) is 16.9. The van der Waals surface area contributed by atoms with Crippen LogP contribution >= 0.6 is 0 Å². The van der Waals surface area contributed by atoms with E-state index in [0.717, 1.165) is 30.0 Å². The monoisotopic (exact) mass is 316 g/mol. The fourth-order valence-electron chi connectivity index (χ4n) is 2.84. The number of aliphatic imine (C=N–C) groups is 1. The van der Waals surface area contributed by atoms with Crippen molar-refractivity contribution in [2.24, 2.45) is 10.4 Å². The third kappa shape index (κ3) is 5.53. The molecule has 1 aliphatic carbocycles. The van der Waals surface area contributed by atoms with Gasteiger partial charge in [-0.05, 0) is 48.6 Å². The van der Waals surface area contributed by atoms with Crippen molar-refractivity contribution in [1.82, 2.24) is 5.32 Å². The van der Waals surface area contributed by atoms with Gasteiger partial charge < -0.3 is 15.2 Å². The highest BCUT2D eigenvalue weighted by Crippen LogP contribution is 2.34. The molecule has 0 saturated heterocycles. The second kappa shape index (κ2) is 7.42. The molecule has 2 rings (SSSR count). The van der Waals surface area contributed by atoms with Crippen LogP contribution in [-0.2, 0) is 4.79 Å². The van der Waals surface area contributed by atoms with Gasteiger partial charge in [0.1, 0.15) is 5.75 Å². The summed E-state index contributed by atoms with van der Waals surface area (Å²) in [4.78, 5) is 15.3. The van der Waals surface area contributed by atoms with Crippen LogP contribution in [0.1, 0.15) is 26.7 Å². The van der Waals surface area contributed by atoms with Crippen LogP contribution in [-0.4, -0.2) is 37.0 Å². The summed E-state index contributed by atoms with van der Waals surface area (Å²) in [7, 11) is 1.64. The smallest absolute Gasteiger partial charge is 0.317 e. The second-order valence-corrected chi connectivity index (χ2v) is 6.62. The van der Waals surface area contributed by atoms with Crippen molar-refractivity contribution >= 4 is 17.4 Å². The first-order valence-electron chi connectivity index (χ1n) is 7.71. The van der Waals surface area contributed by atoms with Crippen molar-refractivity contribution < 1.29 is 14.6 Å². The maximum atomic E-state index is 10.6. The number of carboxylic acids is 1. The van der Waals surface area contributed by atoms with Crippen LogP contribution in [0.25, 0.3) is 0 Å². The quantitative estimate of drug-likeness (QED) is 0.845. The lowest BCUT2D eigenvalue weighted by atomic mass is 9.76. The fourth-order valence-corrected chi connectivity index (χ4v) is 2.84. The Labute approximate surface area is 137 Å². The Morgan fingerprint density at radius 2 is 2.00 bits per heavy atom. The predicted molar refractivity (Wildman–Crippen MR) is 91.7 cm³/mol. The van der Waals surface area contributed by atoms with Crippen molar-refractivity contribution in [2.45, 2.75) is 26.7 Å². The van der Waals surface area contributed by atoms with E-state index >= 15 is 0 Å². The first-order chi connectivity index (χ1) is 10.9. The van der Waals surface area contributed by atoms with E-state index in [9.17, 15) is 4.79 Å². The summed E-state index contributed by atoms with van der Waals surface area (Å²) < 4.78 is 5.16. The molecule has 5 nitrogen and oxygen atoms in total. The molecule has 0 saturated carbocycles. The maximum Gasteiger partial charge on any atom is 0.317 e. The molecular formula is C18H24N2O3. The molecule has 23 heavy (non-hydrogen) atoms. The van der Waals surface area contributed by atoms with Crippen LogP contribution in [0.5, 0.6) is 5.75 Å². The molecule has 124 valence electrons. The fraction of sp³-hybridized carbons (Fsp3) is 0.444. The number of carboxylic acid groups (broad SMARTS) is 1. The number of allylic oxidation sites excluding steroid dienone is 1.